The summed E-state index contributed by atoms with van der Waals surface area (Å²) in [6.07, 6.45) is 2.10. The zero-order valence-corrected chi connectivity index (χ0v) is 13.1. The molecule has 0 aromatic heterocycles. The lowest BCUT2D eigenvalue weighted by Gasteiger charge is -2.18. The lowest BCUT2D eigenvalue weighted by molar-refractivity contribution is -0.123. The van der Waals surface area contributed by atoms with Crippen molar-refractivity contribution in [2.24, 2.45) is 5.41 Å². The molecule has 1 fully saturated rings. The van der Waals surface area contributed by atoms with Gasteiger partial charge in [-0.25, -0.2) is 0 Å². The molecule has 0 atom stereocenters. The average Bonchev–Trinajstić information content (AvgIpc) is 2.81. The maximum atomic E-state index is 11.8. The van der Waals surface area contributed by atoms with Crippen molar-refractivity contribution in [3.63, 3.8) is 0 Å². The summed E-state index contributed by atoms with van der Waals surface area (Å²) < 4.78 is 0. The Hall–Kier alpha value is -1.84. The highest BCUT2D eigenvalue weighted by molar-refractivity contribution is 5.95. The van der Waals surface area contributed by atoms with Crippen LogP contribution in [0.2, 0.25) is 0 Å². The first-order chi connectivity index (χ1) is 9.85. The van der Waals surface area contributed by atoms with Crippen molar-refractivity contribution in [3.05, 3.63) is 29.8 Å². The lowest BCUT2D eigenvalue weighted by Crippen LogP contribution is -2.27. The van der Waals surface area contributed by atoms with Crippen LogP contribution in [0, 0.1) is 5.41 Å². The summed E-state index contributed by atoms with van der Waals surface area (Å²) in [4.78, 5) is 25.3. The molecule has 1 saturated heterocycles. The Morgan fingerprint density at radius 3 is 2.43 bits per heavy atom. The molecule has 114 valence electrons. The van der Waals surface area contributed by atoms with Gasteiger partial charge in [-0.3, -0.25) is 9.59 Å². The van der Waals surface area contributed by atoms with E-state index >= 15 is 0 Å². The third-order valence-corrected chi connectivity index (χ3v) is 3.50. The van der Waals surface area contributed by atoms with Gasteiger partial charge < -0.3 is 10.2 Å². The van der Waals surface area contributed by atoms with Crippen molar-refractivity contribution in [3.8, 4) is 0 Å². The van der Waals surface area contributed by atoms with Crippen molar-refractivity contribution in [1.82, 2.24) is 5.32 Å². The minimum atomic E-state index is 0.00402. The Kier molecular flexibility index (Phi) is 4.66. The molecule has 21 heavy (non-hydrogen) atoms. The molecule has 0 bridgehead atoms. The van der Waals surface area contributed by atoms with Crippen LogP contribution in [0.3, 0.4) is 0 Å². The van der Waals surface area contributed by atoms with Crippen molar-refractivity contribution in [2.45, 2.75) is 46.6 Å². The Bertz CT molecular complexity index is 515. The van der Waals surface area contributed by atoms with Crippen molar-refractivity contribution in [2.75, 3.05) is 11.4 Å². The summed E-state index contributed by atoms with van der Waals surface area (Å²) in [6, 6.07) is 7.85. The molecule has 1 N–H and O–H groups in total. The third-order valence-electron chi connectivity index (χ3n) is 3.50. The first kappa shape index (κ1) is 15.5. The molecule has 2 amide bonds. The number of nitrogens with one attached hydrogen (secondary N) is 1. The maximum absolute atomic E-state index is 11.8. The molecule has 0 aliphatic carbocycles. The first-order valence-corrected chi connectivity index (χ1v) is 7.51. The second-order valence-electron chi connectivity index (χ2n) is 6.83. The molecule has 0 unspecified atom stereocenters. The molecule has 1 aromatic carbocycles. The number of rotatable bonds is 4. The normalized spacial score (nSPS) is 15.4. The summed E-state index contributed by atoms with van der Waals surface area (Å²) in [6.45, 7) is 7.49. The molecule has 0 spiro atoms. The van der Waals surface area contributed by atoms with E-state index in [9.17, 15) is 9.59 Å². The Balaban J connectivity index is 1.88. The third kappa shape index (κ3) is 4.59. The minimum Gasteiger partial charge on any atom is -0.352 e. The summed E-state index contributed by atoms with van der Waals surface area (Å²) in [5.41, 5.74) is 2.00. The van der Waals surface area contributed by atoms with Crippen LogP contribution in [0.15, 0.2) is 24.3 Å². The van der Waals surface area contributed by atoms with E-state index in [1.165, 1.54) is 0 Å². The van der Waals surface area contributed by atoms with Crippen molar-refractivity contribution in [1.29, 1.82) is 0 Å². The van der Waals surface area contributed by atoms with Crippen LogP contribution in [0.4, 0.5) is 5.69 Å². The molecular weight excluding hydrogens is 264 g/mol. The fourth-order valence-electron chi connectivity index (χ4n) is 2.46. The molecule has 2 rings (SSSR count). The second-order valence-corrected chi connectivity index (χ2v) is 6.83. The summed E-state index contributed by atoms with van der Waals surface area (Å²) in [7, 11) is 0. The highest BCUT2D eigenvalue weighted by atomic mass is 16.2. The van der Waals surface area contributed by atoms with E-state index in [-0.39, 0.29) is 17.2 Å². The zero-order chi connectivity index (χ0) is 15.5. The molecule has 4 heteroatoms. The van der Waals surface area contributed by atoms with Gasteiger partial charge in [-0.15, -0.1) is 0 Å². The Morgan fingerprint density at radius 1 is 1.24 bits per heavy atom. The van der Waals surface area contributed by atoms with E-state index in [4.69, 9.17) is 0 Å². The van der Waals surface area contributed by atoms with E-state index in [0.717, 1.165) is 24.2 Å². The van der Waals surface area contributed by atoms with E-state index < -0.39 is 0 Å². The highest BCUT2D eigenvalue weighted by Crippen LogP contribution is 2.22. The number of amides is 2. The summed E-state index contributed by atoms with van der Waals surface area (Å²) in [5.74, 6) is 0.266. The Labute approximate surface area is 126 Å². The van der Waals surface area contributed by atoms with Gasteiger partial charge in [0.25, 0.3) is 0 Å². The first-order valence-electron chi connectivity index (χ1n) is 7.51. The standard InChI is InChI=1S/C17H24N2O2/c1-17(2,3)11-15(20)18-12-13-6-8-14(9-7-13)19-10-4-5-16(19)21/h6-9H,4-5,10-12H2,1-3H3,(H,18,20). The van der Waals surface area contributed by atoms with Crippen molar-refractivity contribution < 1.29 is 9.59 Å². The van der Waals surface area contributed by atoms with Gasteiger partial charge in [-0.05, 0) is 29.5 Å². The second kappa shape index (κ2) is 6.29. The largest absolute Gasteiger partial charge is 0.352 e. The average molecular weight is 288 g/mol. The van der Waals surface area contributed by atoms with E-state index in [2.05, 4.69) is 26.1 Å². The zero-order valence-electron chi connectivity index (χ0n) is 13.1. The van der Waals surface area contributed by atoms with Crippen LogP contribution in [-0.2, 0) is 16.1 Å². The smallest absolute Gasteiger partial charge is 0.227 e. The van der Waals surface area contributed by atoms with E-state index in [1.807, 2.05) is 29.2 Å². The number of hydrogen-bond acceptors (Lipinski definition) is 2. The molecule has 4 nitrogen and oxygen atoms in total. The lowest BCUT2D eigenvalue weighted by atomic mass is 9.92. The topological polar surface area (TPSA) is 49.4 Å². The van der Waals surface area contributed by atoms with Crippen LogP contribution < -0.4 is 10.2 Å². The van der Waals surface area contributed by atoms with Gasteiger partial charge in [0, 0.05) is 31.6 Å². The van der Waals surface area contributed by atoms with Crippen LogP contribution in [0.5, 0.6) is 0 Å². The predicted molar refractivity (Wildman–Crippen MR) is 83.9 cm³/mol. The van der Waals surface area contributed by atoms with E-state index in [0.29, 0.717) is 19.4 Å². The molecule has 1 aliphatic rings. The molecule has 1 heterocycles. The molecular formula is C17H24N2O2. The number of benzene rings is 1. The highest BCUT2D eigenvalue weighted by Gasteiger charge is 2.21. The van der Waals surface area contributed by atoms with Crippen LogP contribution in [0.1, 0.15) is 45.6 Å². The number of hydrogen-bond donors (Lipinski definition) is 1. The number of carbonyl (C=O) groups excluding carboxylic acids is 2. The predicted octanol–water partition coefficient (Wildman–Crippen LogP) is 2.87. The summed E-state index contributed by atoms with van der Waals surface area (Å²) in [5, 5.41) is 2.93. The van der Waals surface area contributed by atoms with Gasteiger partial charge in [0.1, 0.15) is 0 Å². The number of carbonyl (C=O) groups is 2. The molecule has 1 aromatic rings. The molecule has 1 aliphatic heterocycles. The van der Waals surface area contributed by atoms with Gasteiger partial charge in [0.05, 0.1) is 0 Å². The fourth-order valence-corrected chi connectivity index (χ4v) is 2.46. The number of nitrogens with zero attached hydrogens (tertiary/aromatic N) is 1. The monoisotopic (exact) mass is 288 g/mol. The van der Waals surface area contributed by atoms with Crippen LogP contribution in [0.25, 0.3) is 0 Å². The Morgan fingerprint density at radius 2 is 1.90 bits per heavy atom. The van der Waals surface area contributed by atoms with Crippen LogP contribution in [-0.4, -0.2) is 18.4 Å². The van der Waals surface area contributed by atoms with Gasteiger partial charge in [-0.2, -0.15) is 0 Å². The SMILES string of the molecule is CC(C)(C)CC(=O)NCc1ccc(N2CCCC2=O)cc1. The van der Waals surface area contributed by atoms with Gasteiger partial charge in [0.15, 0.2) is 0 Å². The molecule has 0 saturated carbocycles. The van der Waals surface area contributed by atoms with Crippen LogP contribution >= 0.6 is 0 Å². The van der Waals surface area contributed by atoms with Gasteiger partial charge in [-0.1, -0.05) is 32.9 Å². The van der Waals surface area contributed by atoms with Gasteiger partial charge in [0.2, 0.25) is 11.8 Å². The van der Waals surface area contributed by atoms with Crippen molar-refractivity contribution >= 4 is 17.5 Å². The van der Waals surface area contributed by atoms with E-state index in [1.54, 1.807) is 0 Å². The summed E-state index contributed by atoms with van der Waals surface area (Å²) >= 11 is 0. The van der Waals surface area contributed by atoms with Gasteiger partial charge >= 0.3 is 0 Å². The minimum absolute atomic E-state index is 0.00402. The maximum Gasteiger partial charge on any atom is 0.227 e. The fraction of sp³-hybridized carbons (Fsp3) is 0.529. The molecule has 0 radical (unpaired) electrons. The quantitative estimate of drug-likeness (QED) is 0.926. The number of anilines is 1.